The molecule has 1 aliphatic heterocycles. The number of aromatic carboxylic acids is 1. The standard InChI is InChI=1S/C12H15NO4/c1-2-3-8-5-10-7(6-17-8)4-9(12(15)16)11(14)13-10/h4,8H,2-3,5-6H2,1H3,(H,13,14)(H,15,16)/t8-/m1/s1. The van der Waals surface area contributed by atoms with Crippen molar-refractivity contribution in [1.29, 1.82) is 0 Å². The van der Waals surface area contributed by atoms with Crippen molar-refractivity contribution in [3.05, 3.63) is 33.2 Å². The molecule has 0 saturated carbocycles. The molecule has 0 fully saturated rings. The first-order valence-corrected chi connectivity index (χ1v) is 5.71. The number of carboxylic acids is 1. The first-order valence-electron chi connectivity index (χ1n) is 5.71. The second-order valence-electron chi connectivity index (χ2n) is 4.25. The number of fused-ring (bicyclic) bond motifs is 1. The lowest BCUT2D eigenvalue weighted by Gasteiger charge is -2.24. The lowest BCUT2D eigenvalue weighted by molar-refractivity contribution is 0.0213. The Morgan fingerprint density at radius 2 is 2.41 bits per heavy atom. The van der Waals surface area contributed by atoms with Crippen molar-refractivity contribution in [2.45, 2.75) is 38.9 Å². The van der Waals surface area contributed by atoms with Crippen molar-refractivity contribution < 1.29 is 14.6 Å². The van der Waals surface area contributed by atoms with Crippen LogP contribution in [0.25, 0.3) is 0 Å². The van der Waals surface area contributed by atoms with Gasteiger partial charge in [0.15, 0.2) is 0 Å². The highest BCUT2D eigenvalue weighted by Crippen LogP contribution is 2.20. The second kappa shape index (κ2) is 4.71. The summed E-state index contributed by atoms with van der Waals surface area (Å²) in [6.45, 7) is 2.45. The first kappa shape index (κ1) is 11.9. The van der Waals surface area contributed by atoms with Gasteiger partial charge < -0.3 is 14.8 Å². The van der Waals surface area contributed by atoms with Gasteiger partial charge in [-0.15, -0.1) is 0 Å². The maximum atomic E-state index is 11.5. The largest absolute Gasteiger partial charge is 0.477 e. The lowest BCUT2D eigenvalue weighted by Crippen LogP contribution is -2.28. The van der Waals surface area contributed by atoms with Crippen molar-refractivity contribution in [3.8, 4) is 0 Å². The molecule has 92 valence electrons. The van der Waals surface area contributed by atoms with E-state index in [1.165, 1.54) is 6.07 Å². The van der Waals surface area contributed by atoms with E-state index < -0.39 is 11.5 Å². The van der Waals surface area contributed by atoms with Gasteiger partial charge >= 0.3 is 5.97 Å². The van der Waals surface area contributed by atoms with Crippen molar-refractivity contribution >= 4 is 5.97 Å². The van der Waals surface area contributed by atoms with E-state index in [0.29, 0.717) is 13.0 Å². The number of pyridine rings is 1. The number of carboxylic acid groups (broad SMARTS) is 1. The van der Waals surface area contributed by atoms with Gasteiger partial charge in [0.1, 0.15) is 5.56 Å². The molecular formula is C12H15NO4. The molecule has 0 unspecified atom stereocenters. The number of H-pyrrole nitrogens is 1. The highest BCUT2D eigenvalue weighted by molar-refractivity contribution is 5.87. The zero-order valence-electron chi connectivity index (χ0n) is 9.66. The molecule has 0 aromatic carbocycles. The van der Waals surface area contributed by atoms with Gasteiger partial charge in [-0.2, -0.15) is 0 Å². The second-order valence-corrected chi connectivity index (χ2v) is 4.25. The van der Waals surface area contributed by atoms with E-state index in [-0.39, 0.29) is 11.7 Å². The van der Waals surface area contributed by atoms with E-state index in [1.54, 1.807) is 0 Å². The third-order valence-electron chi connectivity index (χ3n) is 2.96. The topological polar surface area (TPSA) is 79.4 Å². The summed E-state index contributed by atoms with van der Waals surface area (Å²) in [7, 11) is 0. The lowest BCUT2D eigenvalue weighted by atomic mass is 10.0. The van der Waals surface area contributed by atoms with Crippen molar-refractivity contribution in [2.24, 2.45) is 0 Å². The zero-order chi connectivity index (χ0) is 12.4. The number of nitrogens with one attached hydrogen (secondary N) is 1. The van der Waals surface area contributed by atoms with Crippen molar-refractivity contribution in [2.75, 3.05) is 0 Å². The van der Waals surface area contributed by atoms with E-state index in [4.69, 9.17) is 9.84 Å². The Kier molecular flexibility index (Phi) is 3.28. The van der Waals surface area contributed by atoms with E-state index in [1.807, 2.05) is 0 Å². The summed E-state index contributed by atoms with van der Waals surface area (Å²) in [4.78, 5) is 25.0. The van der Waals surface area contributed by atoms with Crippen molar-refractivity contribution in [3.63, 3.8) is 0 Å². The fourth-order valence-electron chi connectivity index (χ4n) is 2.08. The van der Waals surface area contributed by atoms with Crippen LogP contribution in [0.3, 0.4) is 0 Å². The van der Waals surface area contributed by atoms with E-state index in [0.717, 1.165) is 24.1 Å². The summed E-state index contributed by atoms with van der Waals surface area (Å²) in [5.41, 5.74) is 0.828. The van der Waals surface area contributed by atoms with Gasteiger partial charge in [-0.05, 0) is 18.1 Å². The van der Waals surface area contributed by atoms with E-state index in [2.05, 4.69) is 11.9 Å². The Bertz CT molecular complexity index is 492. The predicted octanol–water partition coefficient (Wildman–Crippen LogP) is 1.31. The molecule has 1 aromatic heterocycles. The molecule has 0 amide bonds. The fourth-order valence-corrected chi connectivity index (χ4v) is 2.08. The summed E-state index contributed by atoms with van der Waals surface area (Å²) in [5, 5.41) is 8.84. The highest BCUT2D eigenvalue weighted by Gasteiger charge is 2.21. The molecule has 0 spiro atoms. The van der Waals surface area contributed by atoms with Gasteiger partial charge in [-0.1, -0.05) is 13.3 Å². The third-order valence-corrected chi connectivity index (χ3v) is 2.96. The Hall–Kier alpha value is -1.62. The molecule has 2 heterocycles. The summed E-state index contributed by atoms with van der Waals surface area (Å²) >= 11 is 0. The third kappa shape index (κ3) is 2.39. The van der Waals surface area contributed by atoms with Gasteiger partial charge in [0, 0.05) is 12.1 Å². The molecule has 0 aliphatic carbocycles. The molecule has 1 aliphatic rings. The SMILES string of the molecule is CCC[C@@H]1Cc2[nH]c(=O)c(C(=O)O)cc2CO1. The van der Waals surface area contributed by atoms with Crippen LogP contribution in [0.1, 0.15) is 41.4 Å². The maximum Gasteiger partial charge on any atom is 0.341 e. The molecule has 5 heteroatoms. The van der Waals surface area contributed by atoms with Crippen LogP contribution in [0, 0.1) is 0 Å². The quantitative estimate of drug-likeness (QED) is 0.830. The van der Waals surface area contributed by atoms with Crippen LogP contribution in [0.15, 0.2) is 10.9 Å². The van der Waals surface area contributed by atoms with Crippen LogP contribution in [-0.2, 0) is 17.8 Å². The smallest absolute Gasteiger partial charge is 0.341 e. The number of carbonyl (C=O) groups is 1. The van der Waals surface area contributed by atoms with Gasteiger partial charge in [-0.3, -0.25) is 4.79 Å². The summed E-state index contributed by atoms with van der Waals surface area (Å²) in [6, 6.07) is 1.42. The molecule has 5 nitrogen and oxygen atoms in total. The Morgan fingerprint density at radius 1 is 1.65 bits per heavy atom. The minimum Gasteiger partial charge on any atom is -0.477 e. The summed E-state index contributed by atoms with van der Waals surface area (Å²) in [5.74, 6) is -1.20. The number of rotatable bonds is 3. The zero-order valence-corrected chi connectivity index (χ0v) is 9.66. The molecular weight excluding hydrogens is 222 g/mol. The number of hydrogen-bond acceptors (Lipinski definition) is 3. The number of ether oxygens (including phenoxy) is 1. The molecule has 2 N–H and O–H groups in total. The molecule has 2 rings (SSSR count). The molecule has 17 heavy (non-hydrogen) atoms. The van der Waals surface area contributed by atoms with Gasteiger partial charge in [0.2, 0.25) is 0 Å². The number of aromatic nitrogens is 1. The van der Waals surface area contributed by atoms with Crippen LogP contribution >= 0.6 is 0 Å². The average Bonchev–Trinajstić information content (AvgIpc) is 2.28. The normalized spacial score (nSPS) is 18.8. The highest BCUT2D eigenvalue weighted by atomic mass is 16.5. The summed E-state index contributed by atoms with van der Waals surface area (Å²) in [6.07, 6.45) is 2.75. The average molecular weight is 237 g/mol. The minimum absolute atomic E-state index is 0.124. The molecule has 1 atom stereocenters. The van der Waals surface area contributed by atoms with Crippen LogP contribution < -0.4 is 5.56 Å². The van der Waals surface area contributed by atoms with Crippen LogP contribution in [0.5, 0.6) is 0 Å². The van der Waals surface area contributed by atoms with E-state index in [9.17, 15) is 9.59 Å². The van der Waals surface area contributed by atoms with Crippen LogP contribution in [-0.4, -0.2) is 22.2 Å². The molecule has 1 aromatic rings. The molecule has 0 saturated heterocycles. The number of hydrogen-bond donors (Lipinski definition) is 2. The monoisotopic (exact) mass is 237 g/mol. The van der Waals surface area contributed by atoms with Gasteiger partial charge in [0.05, 0.1) is 12.7 Å². The molecule has 0 radical (unpaired) electrons. The number of aromatic amines is 1. The van der Waals surface area contributed by atoms with Crippen LogP contribution in [0.4, 0.5) is 0 Å². The van der Waals surface area contributed by atoms with Crippen molar-refractivity contribution in [1.82, 2.24) is 4.98 Å². The minimum atomic E-state index is -1.20. The summed E-state index contributed by atoms with van der Waals surface area (Å²) < 4.78 is 5.60. The van der Waals surface area contributed by atoms with E-state index >= 15 is 0 Å². The van der Waals surface area contributed by atoms with Gasteiger partial charge in [-0.25, -0.2) is 4.79 Å². The Morgan fingerprint density at radius 3 is 3.06 bits per heavy atom. The molecule has 0 bridgehead atoms. The Balaban J connectivity index is 2.32. The predicted molar refractivity (Wildman–Crippen MR) is 61.2 cm³/mol. The Labute approximate surface area is 98.4 Å². The first-order chi connectivity index (χ1) is 8.11. The maximum absolute atomic E-state index is 11.5. The van der Waals surface area contributed by atoms with Gasteiger partial charge in [0.25, 0.3) is 5.56 Å². The fraction of sp³-hybridized carbons (Fsp3) is 0.500. The van der Waals surface area contributed by atoms with Crippen LogP contribution in [0.2, 0.25) is 0 Å².